The molecule has 0 aliphatic heterocycles. The first kappa shape index (κ1) is 8.47. The van der Waals surface area contributed by atoms with Crippen molar-refractivity contribution in [3.8, 4) is 0 Å². The van der Waals surface area contributed by atoms with Crippen molar-refractivity contribution in [3.05, 3.63) is 133 Å². The molecule has 9 rings (SSSR count). The van der Waals surface area contributed by atoms with Gasteiger partial charge in [-0.2, -0.15) is 0 Å². The summed E-state index contributed by atoms with van der Waals surface area (Å²) in [6.07, 6.45) is 0. The van der Waals surface area contributed by atoms with Gasteiger partial charge in [0.05, 0.1) is 63.3 Å². The zero-order chi connectivity index (χ0) is 43.9. The largest absolute Gasteiger partial charge is 0.308 e. The third-order valence-corrected chi connectivity index (χ3v) is 6.71. The van der Waals surface area contributed by atoms with Crippen molar-refractivity contribution in [3.63, 3.8) is 0 Å². The third-order valence-electron chi connectivity index (χ3n) is 6.71. The van der Waals surface area contributed by atoms with Gasteiger partial charge in [0.15, 0.2) is 0 Å². The summed E-state index contributed by atoms with van der Waals surface area (Å²) in [5, 5.41) is -4.49. The van der Waals surface area contributed by atoms with E-state index in [2.05, 4.69) is 0 Å². The van der Waals surface area contributed by atoms with E-state index in [9.17, 15) is 13.7 Å². The standard InChI is InChI=1S/C36H22N2/c1-5-19-31-23(11-1)27-15-9-17-29-25-13-4-8-22-34(25)38-32-20-6-2-12-24(32)28-16-10-18-30(36(28)38)26-14-3-7-21-33(26)37(31)35(27)29/h1-22H/i1D,2D,3D,4D,5D,6D,7D,8D,9D,10D,11D,12D,13D,14D,15D,16D,17D,18D,19D,20D,21D,22D. The minimum absolute atomic E-state index is 0.464. The maximum Gasteiger partial charge on any atom is 0.0645 e. The second-order valence-corrected chi connectivity index (χ2v) is 8.51. The Kier molecular flexibility index (Phi) is 1.61. The van der Waals surface area contributed by atoms with Gasteiger partial charge in [-0.15, -0.1) is 0 Å². The second-order valence-electron chi connectivity index (χ2n) is 8.51. The van der Waals surface area contributed by atoms with Crippen molar-refractivity contribution in [2.45, 2.75) is 0 Å². The SMILES string of the molecule is [2H]c1c([2H])c([2H])c2c(c1[2H])c1c([2H])c([2H])c([2H])c3c4c([2H])c([2H])c([2H])c([2H])c4n4c5c([2H])c([2H])c([2H])c([2H])c5c5c([2H])c([2H])c([2H])c(c6c([2H])c([2H])c([2H])c([2H])c6n2c13)c54. The first-order chi connectivity index (χ1) is 28.0. The quantitative estimate of drug-likeness (QED) is 0.194. The maximum atomic E-state index is 9.43. The van der Waals surface area contributed by atoms with Crippen LogP contribution in [0.15, 0.2) is 133 Å². The highest BCUT2D eigenvalue weighted by Crippen LogP contribution is 2.39. The third kappa shape index (κ3) is 2.42. The van der Waals surface area contributed by atoms with Crippen LogP contribution in [-0.4, -0.2) is 8.80 Å². The van der Waals surface area contributed by atoms with Crippen LogP contribution in [0.2, 0.25) is 0 Å². The van der Waals surface area contributed by atoms with E-state index >= 15 is 0 Å². The van der Waals surface area contributed by atoms with Crippen LogP contribution in [0.4, 0.5) is 0 Å². The molecule has 0 spiro atoms. The number of aromatic nitrogens is 2. The number of nitrogens with zero attached hydrogens (tertiary/aromatic N) is 2. The molecule has 3 heterocycles. The van der Waals surface area contributed by atoms with Gasteiger partial charge in [0.2, 0.25) is 0 Å². The fourth-order valence-electron chi connectivity index (χ4n) is 5.26. The van der Waals surface area contributed by atoms with Crippen molar-refractivity contribution in [2.75, 3.05) is 0 Å². The van der Waals surface area contributed by atoms with Crippen molar-refractivity contribution >= 4 is 76.2 Å². The minimum atomic E-state index is -0.923. The molecule has 6 aromatic carbocycles. The lowest BCUT2D eigenvalue weighted by molar-refractivity contribution is 1.34. The molecule has 0 bridgehead atoms. The fraction of sp³-hybridized carbons (Fsp3) is 0. The molecule has 0 fully saturated rings. The first-order valence-corrected chi connectivity index (χ1v) is 11.3. The molecule has 3 aromatic heterocycles. The Labute approximate surface area is 249 Å². The van der Waals surface area contributed by atoms with Gasteiger partial charge in [-0.1, -0.05) is 109 Å². The molecule has 0 aliphatic carbocycles. The van der Waals surface area contributed by atoms with Gasteiger partial charge in [-0.05, 0) is 24.2 Å². The van der Waals surface area contributed by atoms with Crippen LogP contribution < -0.4 is 0 Å². The van der Waals surface area contributed by atoms with E-state index in [1.165, 1.54) is 0 Å². The van der Waals surface area contributed by atoms with E-state index in [1.807, 2.05) is 0 Å². The van der Waals surface area contributed by atoms with E-state index in [0.29, 0.717) is 0 Å². The normalized spacial score (nSPS) is 20.3. The summed E-state index contributed by atoms with van der Waals surface area (Å²) in [6, 6.07) is -19.1. The molecule has 0 atom stereocenters. The monoisotopic (exact) mass is 504 g/mol. The Bertz CT molecular complexity index is 3440. The minimum Gasteiger partial charge on any atom is -0.308 e. The summed E-state index contributed by atoms with van der Waals surface area (Å²) < 4.78 is 201. The molecule has 0 aliphatic rings. The Morgan fingerprint density at radius 2 is 0.526 bits per heavy atom. The van der Waals surface area contributed by atoms with Gasteiger partial charge in [0.25, 0.3) is 0 Å². The van der Waals surface area contributed by atoms with E-state index in [4.69, 9.17) is 16.4 Å². The zero-order valence-electron chi connectivity index (χ0n) is 40.9. The number of hydrogen-bond acceptors (Lipinski definition) is 0. The Morgan fingerprint density at radius 1 is 0.289 bits per heavy atom. The highest BCUT2D eigenvalue weighted by Gasteiger charge is 2.16. The summed E-state index contributed by atoms with van der Waals surface area (Å²) in [5.41, 5.74) is -3.53. The van der Waals surface area contributed by atoms with Crippen LogP contribution in [0.3, 0.4) is 0 Å². The number of para-hydroxylation sites is 6. The number of hydrogen-bond donors (Lipinski definition) is 0. The summed E-state index contributed by atoms with van der Waals surface area (Å²) in [7, 11) is 0. The van der Waals surface area contributed by atoms with E-state index in [1.54, 1.807) is 0 Å². The summed E-state index contributed by atoms with van der Waals surface area (Å²) in [6.45, 7) is 0. The van der Waals surface area contributed by atoms with Crippen LogP contribution in [0.1, 0.15) is 30.2 Å². The molecule has 2 nitrogen and oxygen atoms in total. The molecule has 9 aromatic rings. The highest BCUT2D eigenvalue weighted by molar-refractivity contribution is 6.24. The molecule has 0 unspecified atom stereocenters. The van der Waals surface area contributed by atoms with Crippen LogP contribution in [0.25, 0.3) is 76.2 Å². The lowest BCUT2D eigenvalue weighted by atomic mass is 10.1. The second kappa shape index (κ2) is 7.24. The van der Waals surface area contributed by atoms with Gasteiger partial charge < -0.3 is 8.80 Å². The zero-order valence-corrected chi connectivity index (χ0v) is 18.9. The lowest BCUT2D eigenvalue weighted by Crippen LogP contribution is -1.91. The molecule has 2 heteroatoms. The average molecular weight is 505 g/mol. The van der Waals surface area contributed by atoms with Crippen molar-refractivity contribution in [1.82, 2.24) is 8.80 Å². The van der Waals surface area contributed by atoms with Crippen LogP contribution in [0, 0.1) is 0 Å². The number of rotatable bonds is 0. The summed E-state index contributed by atoms with van der Waals surface area (Å²) >= 11 is 0. The molecular formula is C36H22N2. The molecular weight excluding hydrogens is 460 g/mol. The van der Waals surface area contributed by atoms with E-state index < -0.39 is 209 Å². The summed E-state index contributed by atoms with van der Waals surface area (Å²) in [4.78, 5) is 0. The van der Waals surface area contributed by atoms with Crippen LogP contribution >= 0.6 is 0 Å². The van der Waals surface area contributed by atoms with Crippen LogP contribution in [0.5, 0.6) is 0 Å². The van der Waals surface area contributed by atoms with Gasteiger partial charge in [0.1, 0.15) is 0 Å². The van der Waals surface area contributed by atoms with Crippen molar-refractivity contribution < 1.29 is 30.2 Å². The molecule has 0 saturated heterocycles. The number of fused-ring (bicyclic) bond motifs is 12. The van der Waals surface area contributed by atoms with E-state index in [0.717, 1.165) is 8.80 Å². The summed E-state index contributed by atoms with van der Waals surface area (Å²) in [5.74, 6) is 0. The fourth-order valence-corrected chi connectivity index (χ4v) is 5.26. The van der Waals surface area contributed by atoms with Gasteiger partial charge in [-0.3, -0.25) is 0 Å². The lowest BCUT2D eigenvalue weighted by Gasteiger charge is -2.10. The Hall–Kier alpha value is -5.08. The highest BCUT2D eigenvalue weighted by atomic mass is 14.9. The van der Waals surface area contributed by atoms with Crippen LogP contribution in [-0.2, 0) is 0 Å². The predicted octanol–water partition coefficient (Wildman–Crippen LogP) is 9.67. The molecule has 38 heavy (non-hydrogen) atoms. The van der Waals surface area contributed by atoms with Gasteiger partial charge in [0, 0.05) is 43.1 Å². The first-order valence-electron chi connectivity index (χ1n) is 22.3. The number of benzene rings is 6. The van der Waals surface area contributed by atoms with Gasteiger partial charge in [-0.25, -0.2) is 0 Å². The smallest absolute Gasteiger partial charge is 0.0645 e. The van der Waals surface area contributed by atoms with Gasteiger partial charge >= 0.3 is 0 Å². The topological polar surface area (TPSA) is 8.82 Å². The average Bonchev–Trinajstić information content (AvgIpc) is 3.75. The Morgan fingerprint density at radius 3 is 0.816 bits per heavy atom. The molecule has 0 saturated carbocycles. The van der Waals surface area contributed by atoms with Crippen molar-refractivity contribution in [2.24, 2.45) is 0 Å². The maximum absolute atomic E-state index is 9.43. The molecule has 0 N–H and O–H groups in total. The molecule has 0 radical (unpaired) electrons. The van der Waals surface area contributed by atoms with Crippen molar-refractivity contribution in [1.29, 1.82) is 0 Å². The Balaban J connectivity index is 2.01. The van der Waals surface area contributed by atoms with E-state index in [-0.39, 0.29) is 0 Å². The predicted molar refractivity (Wildman–Crippen MR) is 162 cm³/mol. The molecule has 0 amide bonds. The molecule has 176 valence electrons.